The number of nitrogens with one attached hydrogen (secondary N) is 1. The van der Waals surface area contributed by atoms with Gasteiger partial charge in [-0.3, -0.25) is 19.8 Å². The predicted octanol–water partition coefficient (Wildman–Crippen LogP) is 3.57. The van der Waals surface area contributed by atoms with Gasteiger partial charge in [-0.15, -0.1) is 11.3 Å². The lowest BCUT2D eigenvalue weighted by atomic mass is 9.93. The van der Waals surface area contributed by atoms with E-state index in [1.54, 1.807) is 11.3 Å². The van der Waals surface area contributed by atoms with E-state index in [1.807, 2.05) is 0 Å². The minimum absolute atomic E-state index is 0.0144. The first kappa shape index (κ1) is 17.6. The molecule has 25 heavy (non-hydrogen) atoms. The molecule has 0 radical (unpaired) electrons. The largest absolute Gasteiger partial charge is 0.351 e. The summed E-state index contributed by atoms with van der Waals surface area (Å²) in [5, 5.41) is 15.7. The van der Waals surface area contributed by atoms with E-state index in [0.717, 1.165) is 13.1 Å². The first-order valence-corrected chi connectivity index (χ1v) is 9.19. The zero-order valence-electron chi connectivity index (χ0n) is 14.3. The van der Waals surface area contributed by atoms with Crippen LogP contribution >= 0.6 is 11.3 Å². The molecule has 0 aliphatic carbocycles. The maximum Gasteiger partial charge on any atom is 0.269 e. The molecule has 132 valence electrons. The number of hydrogen-bond donors (Lipinski definition) is 1. The maximum absolute atomic E-state index is 12.2. The third-order valence-corrected chi connectivity index (χ3v) is 5.82. The number of nitrogens with zero attached hydrogens (tertiary/aromatic N) is 2. The molecule has 1 N–H and O–H groups in total. The summed E-state index contributed by atoms with van der Waals surface area (Å²) in [4.78, 5) is 26.2. The fourth-order valence-corrected chi connectivity index (χ4v) is 4.40. The van der Waals surface area contributed by atoms with Gasteiger partial charge in [0.1, 0.15) is 0 Å². The molecule has 1 aromatic heterocycles. The highest BCUT2D eigenvalue weighted by atomic mass is 32.1. The number of thiophene rings is 1. The zero-order chi connectivity index (χ0) is 18.0. The number of amides is 1. The van der Waals surface area contributed by atoms with Crippen LogP contribution in [0.4, 0.5) is 5.69 Å². The van der Waals surface area contributed by atoms with Crippen LogP contribution in [0.1, 0.15) is 46.6 Å². The van der Waals surface area contributed by atoms with Crippen LogP contribution in [0.3, 0.4) is 0 Å². The molecule has 2 aromatic rings. The van der Waals surface area contributed by atoms with Crippen molar-refractivity contribution in [3.05, 3.63) is 61.8 Å². The Labute approximate surface area is 150 Å². The van der Waals surface area contributed by atoms with E-state index in [0.29, 0.717) is 24.1 Å². The van der Waals surface area contributed by atoms with Crippen LogP contribution in [0.2, 0.25) is 0 Å². The normalized spacial score (nSPS) is 20.1. The summed E-state index contributed by atoms with van der Waals surface area (Å²) in [6.07, 6.45) is 0. The summed E-state index contributed by atoms with van der Waals surface area (Å²) in [7, 11) is 0. The third kappa shape index (κ3) is 3.72. The highest BCUT2D eigenvalue weighted by Gasteiger charge is 2.28. The van der Waals surface area contributed by atoms with E-state index >= 15 is 0 Å². The van der Waals surface area contributed by atoms with Crippen LogP contribution < -0.4 is 5.32 Å². The van der Waals surface area contributed by atoms with Crippen molar-refractivity contribution in [3.8, 4) is 0 Å². The monoisotopic (exact) mass is 359 g/mol. The summed E-state index contributed by atoms with van der Waals surface area (Å²) >= 11 is 1.80. The van der Waals surface area contributed by atoms with Gasteiger partial charge in [0.25, 0.3) is 11.6 Å². The molecule has 0 spiro atoms. The summed E-state index contributed by atoms with van der Waals surface area (Å²) < 4.78 is 0. The van der Waals surface area contributed by atoms with Crippen molar-refractivity contribution >= 4 is 22.9 Å². The second kappa shape index (κ2) is 7.33. The summed E-state index contributed by atoms with van der Waals surface area (Å²) in [5.41, 5.74) is 1.87. The van der Waals surface area contributed by atoms with Crippen LogP contribution in [0, 0.1) is 10.1 Å². The van der Waals surface area contributed by atoms with Crippen molar-refractivity contribution < 1.29 is 9.72 Å². The smallest absolute Gasteiger partial charge is 0.269 e. The number of rotatable bonds is 5. The van der Waals surface area contributed by atoms with Crippen molar-refractivity contribution in [2.75, 3.05) is 19.6 Å². The molecule has 1 aliphatic rings. The van der Waals surface area contributed by atoms with Gasteiger partial charge in [-0.2, -0.15) is 0 Å². The van der Waals surface area contributed by atoms with Crippen LogP contribution in [0.15, 0.2) is 35.7 Å². The topological polar surface area (TPSA) is 75.5 Å². The van der Waals surface area contributed by atoms with Gasteiger partial charge in [-0.1, -0.05) is 6.92 Å². The Kier molecular flexibility index (Phi) is 5.15. The maximum atomic E-state index is 12.2. The van der Waals surface area contributed by atoms with Crippen molar-refractivity contribution in [2.45, 2.75) is 25.8 Å². The lowest BCUT2D eigenvalue weighted by Crippen LogP contribution is -2.40. The van der Waals surface area contributed by atoms with Crippen molar-refractivity contribution in [1.82, 2.24) is 10.2 Å². The fraction of sp³-hybridized carbons (Fsp3) is 0.389. The van der Waals surface area contributed by atoms with Gasteiger partial charge in [0, 0.05) is 48.2 Å². The van der Waals surface area contributed by atoms with Gasteiger partial charge in [0.05, 0.1) is 4.92 Å². The van der Waals surface area contributed by atoms with E-state index < -0.39 is 4.92 Å². The summed E-state index contributed by atoms with van der Waals surface area (Å²) in [6.45, 7) is 6.76. The minimum Gasteiger partial charge on any atom is -0.351 e. The van der Waals surface area contributed by atoms with E-state index in [-0.39, 0.29) is 11.6 Å². The minimum atomic E-state index is -0.473. The molecular weight excluding hydrogens is 338 g/mol. The molecule has 2 heterocycles. The Balaban J connectivity index is 1.54. The molecule has 0 saturated heterocycles. The van der Waals surface area contributed by atoms with E-state index in [9.17, 15) is 14.9 Å². The van der Waals surface area contributed by atoms with E-state index in [1.165, 1.54) is 34.7 Å². The molecule has 0 saturated carbocycles. The first-order chi connectivity index (χ1) is 12.0. The number of benzene rings is 1. The third-order valence-electron chi connectivity index (χ3n) is 4.72. The van der Waals surface area contributed by atoms with Crippen LogP contribution in [-0.4, -0.2) is 35.4 Å². The Morgan fingerprint density at radius 3 is 2.72 bits per heavy atom. The SMILES string of the molecule is CC1CN(CCNC(=O)c2ccc([N+](=O)[O-])cc2)C(C)c2sccc21. The van der Waals surface area contributed by atoms with Crippen molar-refractivity contribution in [2.24, 2.45) is 0 Å². The molecule has 0 fully saturated rings. The number of nitro benzene ring substituents is 1. The molecule has 2 unspecified atom stereocenters. The highest BCUT2D eigenvalue weighted by molar-refractivity contribution is 7.10. The first-order valence-electron chi connectivity index (χ1n) is 8.31. The molecule has 0 bridgehead atoms. The quantitative estimate of drug-likeness (QED) is 0.654. The molecule has 1 aliphatic heterocycles. The fourth-order valence-electron chi connectivity index (χ4n) is 3.29. The Morgan fingerprint density at radius 2 is 2.04 bits per heavy atom. The predicted molar refractivity (Wildman–Crippen MR) is 98.2 cm³/mol. The lowest BCUT2D eigenvalue weighted by Gasteiger charge is -2.36. The zero-order valence-corrected chi connectivity index (χ0v) is 15.1. The molecule has 2 atom stereocenters. The van der Waals surface area contributed by atoms with E-state index in [2.05, 4.69) is 35.5 Å². The highest BCUT2D eigenvalue weighted by Crippen LogP contribution is 2.38. The molecule has 1 aromatic carbocycles. The van der Waals surface area contributed by atoms with Gasteiger partial charge in [-0.05, 0) is 42.0 Å². The van der Waals surface area contributed by atoms with Gasteiger partial charge < -0.3 is 5.32 Å². The lowest BCUT2D eigenvalue weighted by molar-refractivity contribution is -0.384. The Morgan fingerprint density at radius 1 is 1.32 bits per heavy atom. The van der Waals surface area contributed by atoms with Crippen molar-refractivity contribution in [3.63, 3.8) is 0 Å². The van der Waals surface area contributed by atoms with Crippen LogP contribution in [-0.2, 0) is 0 Å². The van der Waals surface area contributed by atoms with Crippen molar-refractivity contribution in [1.29, 1.82) is 0 Å². The number of fused-ring (bicyclic) bond motifs is 1. The Hall–Kier alpha value is -2.25. The summed E-state index contributed by atoms with van der Waals surface area (Å²) in [6, 6.07) is 8.24. The van der Waals surface area contributed by atoms with Crippen LogP contribution in [0.25, 0.3) is 0 Å². The standard InChI is InChI=1S/C18H21N3O3S/c1-12-11-20(13(2)17-16(12)7-10-25-17)9-8-19-18(22)14-3-5-15(6-4-14)21(23)24/h3-7,10,12-13H,8-9,11H2,1-2H3,(H,19,22). The van der Waals surface area contributed by atoms with Gasteiger partial charge >= 0.3 is 0 Å². The Bertz CT molecular complexity index is 772. The van der Waals surface area contributed by atoms with Crippen LogP contribution in [0.5, 0.6) is 0 Å². The molecule has 7 heteroatoms. The van der Waals surface area contributed by atoms with Gasteiger partial charge in [0.15, 0.2) is 0 Å². The van der Waals surface area contributed by atoms with Gasteiger partial charge in [0.2, 0.25) is 0 Å². The number of carbonyl (C=O) groups excluding carboxylic acids is 1. The van der Waals surface area contributed by atoms with E-state index in [4.69, 9.17) is 0 Å². The number of non-ortho nitro benzene ring substituents is 1. The number of nitro groups is 1. The second-order valence-electron chi connectivity index (χ2n) is 6.37. The summed E-state index contributed by atoms with van der Waals surface area (Å²) in [5.74, 6) is 0.298. The average molecular weight is 359 g/mol. The molecule has 1 amide bonds. The van der Waals surface area contributed by atoms with Gasteiger partial charge in [-0.25, -0.2) is 0 Å². The second-order valence-corrected chi connectivity index (χ2v) is 7.32. The number of carbonyl (C=O) groups is 1. The molecular formula is C18H21N3O3S. The molecule has 3 rings (SSSR count). The number of hydrogen-bond acceptors (Lipinski definition) is 5. The average Bonchev–Trinajstić information content (AvgIpc) is 3.09. The molecule has 6 nitrogen and oxygen atoms in total.